The average molecular weight is 354 g/mol. The van der Waals surface area contributed by atoms with E-state index in [1.807, 2.05) is 0 Å². The summed E-state index contributed by atoms with van der Waals surface area (Å²) < 4.78 is 13.4. The van der Waals surface area contributed by atoms with Crippen LogP contribution in [0.1, 0.15) is 10.6 Å². The highest BCUT2D eigenvalue weighted by atomic mass is 17.2. The number of aliphatic carboxylic acids is 1. The molecule has 0 aromatic carbocycles. The lowest BCUT2D eigenvalue weighted by atomic mass is 10.5. The molecule has 1 rings (SSSR count). The first-order valence-electron chi connectivity index (χ1n) is 6.27. The van der Waals surface area contributed by atoms with Crippen LogP contribution in [-0.2, 0) is 38.4 Å². The summed E-state index contributed by atoms with van der Waals surface area (Å²) in [6.45, 7) is -0.811. The number of esters is 2. The molecule has 0 saturated heterocycles. The molecule has 0 atom stereocenters. The number of furan rings is 1. The molecule has 132 valence electrons. The fourth-order valence-electron chi connectivity index (χ4n) is 1.06. The molecular formula is C14H10O11. The van der Waals surface area contributed by atoms with Gasteiger partial charge < -0.3 is 19.0 Å². The van der Waals surface area contributed by atoms with Crippen LogP contribution in [0.3, 0.4) is 0 Å². The number of carboxylic acids is 1. The first-order chi connectivity index (χ1) is 11.9. The normalized spacial score (nSPS) is 10.4. The Balaban J connectivity index is 2.24. The molecule has 0 radical (unpaired) electrons. The van der Waals surface area contributed by atoms with Crippen LogP contribution in [0.25, 0.3) is 0 Å². The summed E-state index contributed by atoms with van der Waals surface area (Å²) in [6, 6.07) is 2.69. The van der Waals surface area contributed by atoms with E-state index in [0.717, 1.165) is 0 Å². The van der Waals surface area contributed by atoms with Gasteiger partial charge >= 0.3 is 29.8 Å². The van der Waals surface area contributed by atoms with Gasteiger partial charge in [0.2, 0.25) is 12.6 Å². The van der Waals surface area contributed by atoms with Gasteiger partial charge in [-0.1, -0.05) is 0 Å². The smallest absolute Gasteiger partial charge is 0.421 e. The zero-order chi connectivity index (χ0) is 18.7. The Hall–Kier alpha value is -3.89. The van der Waals surface area contributed by atoms with Crippen molar-refractivity contribution in [1.29, 1.82) is 0 Å². The van der Waals surface area contributed by atoms with Gasteiger partial charge in [-0.3, -0.25) is 0 Å². The Labute approximate surface area is 138 Å². The van der Waals surface area contributed by atoms with Gasteiger partial charge in [0.05, 0.1) is 6.26 Å². The second-order valence-corrected chi connectivity index (χ2v) is 3.80. The number of carbonyl (C=O) groups is 5. The van der Waals surface area contributed by atoms with Gasteiger partial charge in [0.15, 0.2) is 0 Å². The largest absolute Gasteiger partial charge is 0.478 e. The summed E-state index contributed by atoms with van der Waals surface area (Å²) in [4.78, 5) is 62.9. The topological polar surface area (TPSA) is 156 Å². The summed E-state index contributed by atoms with van der Waals surface area (Å²) >= 11 is 0. The van der Waals surface area contributed by atoms with Crippen molar-refractivity contribution in [2.45, 2.75) is 0 Å². The second kappa shape index (κ2) is 9.99. The van der Waals surface area contributed by atoms with Crippen LogP contribution in [0.2, 0.25) is 0 Å². The molecule has 0 saturated carbocycles. The van der Waals surface area contributed by atoms with E-state index in [-0.39, 0.29) is 5.76 Å². The number of rotatable bonds is 7. The Kier molecular flexibility index (Phi) is 7.66. The summed E-state index contributed by atoms with van der Waals surface area (Å²) in [7, 11) is 0. The molecule has 25 heavy (non-hydrogen) atoms. The number of hydrogen-bond donors (Lipinski definition) is 1. The number of carboxylic acid groups (broad SMARTS) is 1. The van der Waals surface area contributed by atoms with Crippen molar-refractivity contribution < 1.29 is 52.7 Å². The van der Waals surface area contributed by atoms with E-state index >= 15 is 0 Å². The van der Waals surface area contributed by atoms with Gasteiger partial charge in [-0.2, -0.15) is 0 Å². The van der Waals surface area contributed by atoms with E-state index in [1.54, 1.807) is 0 Å². The Bertz CT molecular complexity index is 696. The summed E-state index contributed by atoms with van der Waals surface area (Å²) in [6.07, 6.45) is 3.55. The maximum absolute atomic E-state index is 11.2. The lowest BCUT2D eigenvalue weighted by Gasteiger charge is -2.01. The molecule has 0 bridgehead atoms. The standard InChI is InChI=1S/C14H10O11/c15-10(16)3-4-11(17)22-8-23-12(18)5-6-13(19)24-25-14(20)9-2-1-7-21-9/h1-7H,8H2,(H,15,16)/b4-3+,6-5+. The summed E-state index contributed by atoms with van der Waals surface area (Å²) in [5, 5.41) is 8.26. The van der Waals surface area contributed by atoms with Crippen molar-refractivity contribution in [3.8, 4) is 0 Å². The number of carbonyl (C=O) groups excluding carboxylic acids is 4. The highest BCUT2D eigenvalue weighted by molar-refractivity contribution is 5.93. The zero-order valence-electron chi connectivity index (χ0n) is 12.3. The molecule has 0 aliphatic heterocycles. The Morgan fingerprint density at radius 3 is 2.08 bits per heavy atom. The highest BCUT2D eigenvalue weighted by Gasteiger charge is 2.13. The maximum atomic E-state index is 11.2. The van der Waals surface area contributed by atoms with Gasteiger partial charge in [0, 0.05) is 24.3 Å². The predicted octanol–water partition coefficient (Wildman–Crippen LogP) is 0.135. The first-order valence-corrected chi connectivity index (χ1v) is 6.27. The lowest BCUT2D eigenvalue weighted by molar-refractivity contribution is -0.228. The van der Waals surface area contributed by atoms with E-state index in [0.29, 0.717) is 24.3 Å². The SMILES string of the molecule is O=C(O)/C=C/C(=O)OCOC(=O)/C=C/C(=O)OOC(=O)c1ccco1. The molecule has 0 aliphatic carbocycles. The number of ether oxygens (including phenoxy) is 2. The van der Waals surface area contributed by atoms with Crippen LogP contribution >= 0.6 is 0 Å². The molecule has 0 fully saturated rings. The van der Waals surface area contributed by atoms with Crippen molar-refractivity contribution in [3.63, 3.8) is 0 Å². The van der Waals surface area contributed by atoms with Crippen LogP contribution in [0.15, 0.2) is 47.1 Å². The third-order valence-corrected chi connectivity index (χ3v) is 2.04. The lowest BCUT2D eigenvalue weighted by Crippen LogP contribution is -2.11. The molecule has 0 unspecified atom stereocenters. The molecule has 1 aromatic rings. The van der Waals surface area contributed by atoms with Gasteiger partial charge in [0.25, 0.3) is 0 Å². The minimum Gasteiger partial charge on any atom is -0.478 e. The van der Waals surface area contributed by atoms with Crippen LogP contribution in [0.5, 0.6) is 0 Å². The molecule has 0 aliphatic rings. The minimum absolute atomic E-state index is 0.199. The van der Waals surface area contributed by atoms with E-state index < -0.39 is 36.6 Å². The van der Waals surface area contributed by atoms with Crippen molar-refractivity contribution >= 4 is 29.8 Å². The molecule has 0 spiro atoms. The molecular weight excluding hydrogens is 344 g/mol. The van der Waals surface area contributed by atoms with E-state index in [9.17, 15) is 24.0 Å². The van der Waals surface area contributed by atoms with E-state index in [2.05, 4.69) is 23.7 Å². The number of hydrogen-bond acceptors (Lipinski definition) is 10. The van der Waals surface area contributed by atoms with Crippen LogP contribution < -0.4 is 0 Å². The predicted molar refractivity (Wildman–Crippen MR) is 73.2 cm³/mol. The summed E-state index contributed by atoms with van der Waals surface area (Å²) in [5.41, 5.74) is 0. The van der Waals surface area contributed by atoms with Crippen molar-refractivity contribution in [2.24, 2.45) is 0 Å². The molecule has 1 aromatic heterocycles. The zero-order valence-corrected chi connectivity index (χ0v) is 12.3. The molecule has 1 heterocycles. The van der Waals surface area contributed by atoms with Crippen molar-refractivity contribution in [2.75, 3.05) is 6.79 Å². The Morgan fingerprint density at radius 2 is 1.52 bits per heavy atom. The molecule has 1 N–H and O–H groups in total. The fourth-order valence-corrected chi connectivity index (χ4v) is 1.06. The first kappa shape index (κ1) is 19.2. The van der Waals surface area contributed by atoms with Crippen molar-refractivity contribution in [3.05, 3.63) is 48.5 Å². The minimum atomic E-state index is -1.36. The van der Waals surface area contributed by atoms with Gasteiger partial charge in [-0.15, -0.1) is 0 Å². The van der Waals surface area contributed by atoms with Crippen LogP contribution in [-0.4, -0.2) is 41.7 Å². The quantitative estimate of drug-likeness (QED) is 0.233. The Morgan fingerprint density at radius 1 is 0.920 bits per heavy atom. The van der Waals surface area contributed by atoms with E-state index in [4.69, 9.17) is 5.11 Å². The van der Waals surface area contributed by atoms with Gasteiger partial charge in [-0.05, 0) is 12.1 Å². The van der Waals surface area contributed by atoms with Gasteiger partial charge in [-0.25, -0.2) is 33.7 Å². The highest BCUT2D eigenvalue weighted by Crippen LogP contribution is 2.02. The third-order valence-electron chi connectivity index (χ3n) is 2.04. The van der Waals surface area contributed by atoms with Crippen molar-refractivity contribution in [1.82, 2.24) is 0 Å². The fraction of sp³-hybridized carbons (Fsp3) is 0.0714. The van der Waals surface area contributed by atoms with Gasteiger partial charge in [0.1, 0.15) is 0 Å². The average Bonchev–Trinajstić information content (AvgIpc) is 3.10. The van der Waals surface area contributed by atoms with Crippen LogP contribution in [0, 0.1) is 0 Å². The maximum Gasteiger partial charge on any atom is 0.421 e. The summed E-state index contributed by atoms with van der Waals surface area (Å²) in [5.74, 6) is -5.94. The molecule has 0 amide bonds. The van der Waals surface area contributed by atoms with E-state index in [1.165, 1.54) is 18.4 Å². The third kappa shape index (κ3) is 8.35. The monoisotopic (exact) mass is 354 g/mol. The molecule has 11 nitrogen and oxygen atoms in total. The molecule has 11 heteroatoms. The second-order valence-electron chi connectivity index (χ2n) is 3.80. The van der Waals surface area contributed by atoms with Crippen LogP contribution in [0.4, 0.5) is 0 Å².